The SMILES string of the molecule is CCCC(Nc1ccnc2cc(F)c(OC)cc12)C(=O)O. The van der Waals surface area contributed by atoms with Crippen molar-refractivity contribution in [3.63, 3.8) is 0 Å². The fraction of sp³-hybridized carbons (Fsp3) is 0.333. The highest BCUT2D eigenvalue weighted by molar-refractivity contribution is 5.93. The minimum absolute atomic E-state index is 0.0981. The number of fused-ring (bicyclic) bond motifs is 1. The van der Waals surface area contributed by atoms with Crippen LogP contribution in [-0.2, 0) is 4.79 Å². The largest absolute Gasteiger partial charge is 0.494 e. The highest BCUT2D eigenvalue weighted by Gasteiger charge is 2.17. The van der Waals surface area contributed by atoms with Gasteiger partial charge in [-0.1, -0.05) is 13.3 Å². The van der Waals surface area contributed by atoms with Crippen LogP contribution in [0, 0.1) is 5.82 Å². The molecule has 5 nitrogen and oxygen atoms in total. The van der Waals surface area contributed by atoms with Crippen LogP contribution in [0.25, 0.3) is 10.9 Å². The van der Waals surface area contributed by atoms with Crippen LogP contribution in [0.5, 0.6) is 5.75 Å². The Balaban J connectivity index is 2.45. The minimum atomic E-state index is -0.920. The molecule has 0 radical (unpaired) electrons. The second kappa shape index (κ2) is 6.39. The van der Waals surface area contributed by atoms with Gasteiger partial charge >= 0.3 is 5.97 Å². The topological polar surface area (TPSA) is 71.5 Å². The number of carbonyl (C=O) groups is 1. The normalized spacial score (nSPS) is 12.1. The maximum absolute atomic E-state index is 13.7. The van der Waals surface area contributed by atoms with Crippen molar-refractivity contribution in [3.05, 3.63) is 30.2 Å². The molecule has 1 atom stereocenters. The lowest BCUT2D eigenvalue weighted by Gasteiger charge is -2.16. The molecule has 1 aromatic heterocycles. The Kier molecular flexibility index (Phi) is 4.57. The zero-order valence-electron chi connectivity index (χ0n) is 11.9. The molecule has 1 aromatic carbocycles. The van der Waals surface area contributed by atoms with E-state index in [9.17, 15) is 14.3 Å². The highest BCUT2D eigenvalue weighted by atomic mass is 19.1. The van der Waals surface area contributed by atoms with Crippen molar-refractivity contribution in [2.75, 3.05) is 12.4 Å². The predicted molar refractivity (Wildman–Crippen MR) is 78.2 cm³/mol. The summed E-state index contributed by atoms with van der Waals surface area (Å²) in [4.78, 5) is 15.3. The summed E-state index contributed by atoms with van der Waals surface area (Å²) < 4.78 is 18.6. The second-order valence-corrected chi connectivity index (χ2v) is 4.69. The van der Waals surface area contributed by atoms with Crippen molar-refractivity contribution in [2.24, 2.45) is 0 Å². The van der Waals surface area contributed by atoms with E-state index >= 15 is 0 Å². The van der Waals surface area contributed by atoms with Crippen molar-refractivity contribution >= 4 is 22.6 Å². The van der Waals surface area contributed by atoms with E-state index in [1.807, 2.05) is 6.92 Å². The molecule has 0 saturated heterocycles. The minimum Gasteiger partial charge on any atom is -0.494 e. The smallest absolute Gasteiger partial charge is 0.326 e. The highest BCUT2D eigenvalue weighted by Crippen LogP contribution is 2.29. The fourth-order valence-corrected chi connectivity index (χ4v) is 2.16. The molecular formula is C15H17FN2O3. The molecule has 112 valence electrons. The second-order valence-electron chi connectivity index (χ2n) is 4.69. The standard InChI is InChI=1S/C15H17FN2O3/c1-3-4-12(15(19)20)18-11-5-6-17-13-8-10(16)14(21-2)7-9(11)13/h5-8,12H,3-4H2,1-2H3,(H,17,18)(H,19,20). The number of hydrogen-bond donors (Lipinski definition) is 2. The van der Waals surface area contributed by atoms with Gasteiger partial charge < -0.3 is 15.2 Å². The molecule has 6 heteroatoms. The average molecular weight is 292 g/mol. The molecule has 1 heterocycles. The van der Waals surface area contributed by atoms with Gasteiger partial charge in [0.15, 0.2) is 11.6 Å². The molecule has 0 aliphatic carbocycles. The van der Waals surface area contributed by atoms with E-state index in [2.05, 4.69) is 10.3 Å². The van der Waals surface area contributed by atoms with Gasteiger partial charge in [-0.15, -0.1) is 0 Å². The van der Waals surface area contributed by atoms with E-state index in [0.717, 1.165) is 6.42 Å². The van der Waals surface area contributed by atoms with Crippen LogP contribution in [-0.4, -0.2) is 29.2 Å². The summed E-state index contributed by atoms with van der Waals surface area (Å²) in [7, 11) is 1.38. The fourth-order valence-electron chi connectivity index (χ4n) is 2.16. The van der Waals surface area contributed by atoms with Crippen LogP contribution in [0.1, 0.15) is 19.8 Å². The third kappa shape index (κ3) is 3.21. The van der Waals surface area contributed by atoms with Crippen molar-refractivity contribution in [2.45, 2.75) is 25.8 Å². The van der Waals surface area contributed by atoms with Gasteiger partial charge in [0, 0.05) is 23.3 Å². The first-order chi connectivity index (χ1) is 10.1. The first kappa shape index (κ1) is 15.0. The third-order valence-corrected chi connectivity index (χ3v) is 3.22. The molecule has 1 unspecified atom stereocenters. The number of nitrogens with one attached hydrogen (secondary N) is 1. The van der Waals surface area contributed by atoms with Gasteiger partial charge in [-0.25, -0.2) is 9.18 Å². The zero-order valence-corrected chi connectivity index (χ0v) is 11.9. The number of pyridine rings is 1. The number of nitrogens with zero attached hydrogens (tertiary/aromatic N) is 1. The molecule has 21 heavy (non-hydrogen) atoms. The number of halogens is 1. The van der Waals surface area contributed by atoms with Crippen LogP contribution in [0.2, 0.25) is 0 Å². The predicted octanol–water partition coefficient (Wildman–Crippen LogP) is 3.05. The number of rotatable bonds is 6. The number of aromatic nitrogens is 1. The van der Waals surface area contributed by atoms with E-state index in [1.165, 1.54) is 25.4 Å². The van der Waals surface area contributed by atoms with Gasteiger partial charge in [0.05, 0.1) is 12.6 Å². The van der Waals surface area contributed by atoms with Crippen LogP contribution < -0.4 is 10.1 Å². The van der Waals surface area contributed by atoms with E-state index in [0.29, 0.717) is 23.0 Å². The van der Waals surface area contributed by atoms with Gasteiger partial charge in [-0.05, 0) is 18.6 Å². The lowest BCUT2D eigenvalue weighted by atomic mass is 10.1. The molecule has 0 amide bonds. The van der Waals surface area contributed by atoms with Crippen LogP contribution in [0.3, 0.4) is 0 Å². The van der Waals surface area contributed by atoms with Gasteiger partial charge in [0.2, 0.25) is 0 Å². The molecular weight excluding hydrogens is 275 g/mol. The summed E-state index contributed by atoms with van der Waals surface area (Å²) in [5.74, 6) is -1.32. The Morgan fingerprint density at radius 3 is 2.90 bits per heavy atom. The molecule has 0 spiro atoms. The molecule has 2 rings (SSSR count). The summed E-state index contributed by atoms with van der Waals surface area (Å²) in [5.41, 5.74) is 1.04. The van der Waals surface area contributed by atoms with E-state index < -0.39 is 17.8 Å². The van der Waals surface area contributed by atoms with Crippen LogP contribution in [0.15, 0.2) is 24.4 Å². The maximum atomic E-state index is 13.7. The Bertz CT molecular complexity index is 661. The van der Waals surface area contributed by atoms with Crippen molar-refractivity contribution in [1.29, 1.82) is 0 Å². The Morgan fingerprint density at radius 2 is 2.29 bits per heavy atom. The van der Waals surface area contributed by atoms with Crippen molar-refractivity contribution < 1.29 is 19.0 Å². The monoisotopic (exact) mass is 292 g/mol. The number of hydrogen-bond acceptors (Lipinski definition) is 4. The number of carboxylic acids is 1. The van der Waals surface area contributed by atoms with Gasteiger partial charge in [0.25, 0.3) is 0 Å². The molecule has 0 aliphatic heterocycles. The summed E-state index contributed by atoms with van der Waals surface area (Å²) >= 11 is 0. The summed E-state index contributed by atoms with van der Waals surface area (Å²) in [6.45, 7) is 1.92. The zero-order chi connectivity index (χ0) is 15.4. The van der Waals surface area contributed by atoms with Crippen LogP contribution in [0.4, 0.5) is 10.1 Å². The van der Waals surface area contributed by atoms with Crippen molar-refractivity contribution in [1.82, 2.24) is 4.98 Å². The first-order valence-corrected chi connectivity index (χ1v) is 6.68. The van der Waals surface area contributed by atoms with E-state index in [-0.39, 0.29) is 5.75 Å². The average Bonchev–Trinajstić information content (AvgIpc) is 2.46. The lowest BCUT2D eigenvalue weighted by Crippen LogP contribution is -2.29. The number of benzene rings is 1. The quantitative estimate of drug-likeness (QED) is 0.856. The third-order valence-electron chi connectivity index (χ3n) is 3.22. The lowest BCUT2D eigenvalue weighted by molar-refractivity contribution is -0.138. The van der Waals surface area contributed by atoms with Gasteiger partial charge in [-0.3, -0.25) is 4.98 Å². The number of methoxy groups -OCH3 is 1. The van der Waals surface area contributed by atoms with E-state index in [1.54, 1.807) is 6.07 Å². The Morgan fingerprint density at radius 1 is 1.52 bits per heavy atom. The Hall–Kier alpha value is -2.37. The molecule has 0 fully saturated rings. The number of carboxylic acid groups (broad SMARTS) is 1. The molecule has 2 aromatic rings. The number of ether oxygens (including phenoxy) is 1. The Labute approximate surface area is 121 Å². The summed E-state index contributed by atoms with van der Waals surface area (Å²) in [5, 5.41) is 12.8. The summed E-state index contributed by atoms with van der Waals surface area (Å²) in [6.07, 6.45) is 2.75. The number of aliphatic carboxylic acids is 1. The molecule has 0 saturated carbocycles. The molecule has 2 N–H and O–H groups in total. The molecule has 0 aliphatic rings. The molecule has 0 bridgehead atoms. The number of anilines is 1. The first-order valence-electron chi connectivity index (χ1n) is 6.68. The van der Waals surface area contributed by atoms with Crippen molar-refractivity contribution in [3.8, 4) is 5.75 Å². The van der Waals surface area contributed by atoms with E-state index in [4.69, 9.17) is 4.74 Å². The van der Waals surface area contributed by atoms with Gasteiger partial charge in [-0.2, -0.15) is 0 Å². The van der Waals surface area contributed by atoms with Gasteiger partial charge in [0.1, 0.15) is 6.04 Å². The summed E-state index contributed by atoms with van der Waals surface area (Å²) in [6, 6.07) is 3.77. The maximum Gasteiger partial charge on any atom is 0.326 e. The van der Waals surface area contributed by atoms with Crippen LogP contribution >= 0.6 is 0 Å².